The van der Waals surface area contributed by atoms with Crippen molar-refractivity contribution in [3.05, 3.63) is 85.1 Å². The fourth-order valence-electron chi connectivity index (χ4n) is 5.40. The van der Waals surface area contributed by atoms with Crippen molar-refractivity contribution in [3.63, 3.8) is 0 Å². The summed E-state index contributed by atoms with van der Waals surface area (Å²) in [7, 11) is 0. The van der Waals surface area contributed by atoms with Gasteiger partial charge in [0.2, 0.25) is 0 Å². The summed E-state index contributed by atoms with van der Waals surface area (Å²) in [5.41, 5.74) is 0. The van der Waals surface area contributed by atoms with E-state index in [0.717, 1.165) is 64.2 Å². The van der Waals surface area contributed by atoms with Gasteiger partial charge in [0.1, 0.15) is 6.10 Å². The van der Waals surface area contributed by atoms with Gasteiger partial charge in [-0.05, 0) is 83.5 Å². The van der Waals surface area contributed by atoms with Crippen molar-refractivity contribution in [3.8, 4) is 0 Å². The van der Waals surface area contributed by atoms with Gasteiger partial charge in [0, 0.05) is 13.0 Å². The number of aliphatic hydroxyl groups is 1. The predicted octanol–water partition coefficient (Wildman–Crippen LogP) is 13.6. The van der Waals surface area contributed by atoms with E-state index in [-0.39, 0.29) is 19.2 Å². The Balaban J connectivity index is 3.58. The molecule has 0 fully saturated rings. The lowest BCUT2D eigenvalue weighted by atomic mass is 10.1. The van der Waals surface area contributed by atoms with Gasteiger partial charge < -0.3 is 14.6 Å². The number of esters is 1. The molecule has 0 aliphatic rings. The molecule has 0 aromatic carbocycles. The zero-order valence-corrected chi connectivity index (χ0v) is 32.6. The molecule has 0 radical (unpaired) electrons. The standard InChI is InChI=1S/C46H78O4/c1-3-5-7-9-11-13-15-17-19-21-23-24-26-28-30-32-34-36-38-40-42-49-44-45(43-47)50-46(48)41-39-37-35-33-31-29-27-25-22-20-18-16-14-12-10-8-6-4-2/h5,7,11,13,17,19-20,22-24,28,30,34,36,45,47H,3-4,6,8-10,12,14-16,18,21,25-27,29,31-33,35,37-44H2,1-2H3/b7-5-,13-11-,19-17-,22-20-,24-23-,30-28-,36-34-. The van der Waals surface area contributed by atoms with Crippen LogP contribution < -0.4 is 0 Å². The molecule has 0 spiro atoms. The lowest BCUT2D eigenvalue weighted by Gasteiger charge is -2.15. The van der Waals surface area contributed by atoms with Gasteiger partial charge in [0.25, 0.3) is 0 Å². The van der Waals surface area contributed by atoms with E-state index in [0.29, 0.717) is 13.0 Å². The first kappa shape index (κ1) is 47.6. The van der Waals surface area contributed by atoms with E-state index in [1.807, 2.05) is 0 Å². The minimum atomic E-state index is -0.571. The van der Waals surface area contributed by atoms with Gasteiger partial charge >= 0.3 is 5.97 Å². The summed E-state index contributed by atoms with van der Waals surface area (Å²) in [5.74, 6) is -0.228. The molecule has 4 nitrogen and oxygen atoms in total. The third kappa shape index (κ3) is 40.0. The lowest BCUT2D eigenvalue weighted by Crippen LogP contribution is -2.27. The second-order valence-electron chi connectivity index (χ2n) is 13.3. The zero-order chi connectivity index (χ0) is 36.3. The Morgan fingerprint density at radius 3 is 1.38 bits per heavy atom. The third-order valence-electron chi connectivity index (χ3n) is 8.45. The highest BCUT2D eigenvalue weighted by Gasteiger charge is 2.13. The zero-order valence-electron chi connectivity index (χ0n) is 32.6. The molecule has 0 saturated carbocycles. The van der Waals surface area contributed by atoms with E-state index in [9.17, 15) is 9.90 Å². The first-order valence-electron chi connectivity index (χ1n) is 20.7. The summed E-state index contributed by atoms with van der Waals surface area (Å²) >= 11 is 0. The van der Waals surface area contributed by atoms with Crippen LogP contribution in [0.4, 0.5) is 0 Å². The largest absolute Gasteiger partial charge is 0.457 e. The molecular formula is C46H78O4. The molecule has 0 aromatic rings. The van der Waals surface area contributed by atoms with Crippen LogP contribution in [-0.4, -0.2) is 37.0 Å². The average molecular weight is 695 g/mol. The number of carbonyl (C=O) groups excluding carboxylic acids is 1. The Morgan fingerprint density at radius 2 is 0.900 bits per heavy atom. The van der Waals surface area contributed by atoms with Gasteiger partial charge in [0.15, 0.2) is 0 Å². The highest BCUT2D eigenvalue weighted by molar-refractivity contribution is 5.69. The minimum Gasteiger partial charge on any atom is -0.457 e. The second-order valence-corrected chi connectivity index (χ2v) is 13.3. The van der Waals surface area contributed by atoms with Crippen molar-refractivity contribution in [1.29, 1.82) is 0 Å². The van der Waals surface area contributed by atoms with Crippen molar-refractivity contribution in [1.82, 2.24) is 0 Å². The number of carbonyl (C=O) groups is 1. The van der Waals surface area contributed by atoms with Crippen molar-refractivity contribution >= 4 is 5.97 Å². The molecule has 0 heterocycles. The van der Waals surface area contributed by atoms with E-state index in [1.54, 1.807) is 0 Å². The number of aliphatic hydroxyl groups excluding tert-OH is 1. The molecule has 4 heteroatoms. The highest BCUT2D eigenvalue weighted by Crippen LogP contribution is 2.12. The van der Waals surface area contributed by atoms with E-state index in [4.69, 9.17) is 9.47 Å². The second kappa shape index (κ2) is 42.7. The predicted molar refractivity (Wildman–Crippen MR) is 219 cm³/mol. The van der Waals surface area contributed by atoms with E-state index in [2.05, 4.69) is 98.9 Å². The Morgan fingerprint density at radius 1 is 0.500 bits per heavy atom. The minimum absolute atomic E-state index is 0.201. The molecule has 0 saturated heterocycles. The molecule has 0 rings (SSSR count). The van der Waals surface area contributed by atoms with E-state index in [1.165, 1.54) is 89.9 Å². The summed E-state index contributed by atoms with van der Waals surface area (Å²) in [6.07, 6.45) is 59.3. The van der Waals surface area contributed by atoms with Crippen molar-refractivity contribution in [2.24, 2.45) is 0 Å². The van der Waals surface area contributed by atoms with Crippen LogP contribution in [0.3, 0.4) is 0 Å². The number of hydrogen-bond acceptors (Lipinski definition) is 4. The molecular weight excluding hydrogens is 617 g/mol. The fourth-order valence-corrected chi connectivity index (χ4v) is 5.40. The third-order valence-corrected chi connectivity index (χ3v) is 8.45. The Kier molecular flexibility index (Phi) is 40.7. The fraction of sp³-hybridized carbons (Fsp3) is 0.674. The van der Waals surface area contributed by atoms with Crippen molar-refractivity contribution in [2.45, 2.75) is 180 Å². The maximum atomic E-state index is 12.2. The first-order valence-corrected chi connectivity index (χ1v) is 20.7. The van der Waals surface area contributed by atoms with Gasteiger partial charge in [0.05, 0.1) is 13.2 Å². The number of hydrogen-bond donors (Lipinski definition) is 1. The Bertz CT molecular complexity index is 907. The van der Waals surface area contributed by atoms with Crippen LogP contribution in [0.15, 0.2) is 85.1 Å². The van der Waals surface area contributed by atoms with Gasteiger partial charge in [-0.3, -0.25) is 4.79 Å². The van der Waals surface area contributed by atoms with Gasteiger partial charge in [-0.2, -0.15) is 0 Å². The molecule has 0 amide bonds. The maximum absolute atomic E-state index is 12.2. The molecule has 1 unspecified atom stereocenters. The van der Waals surface area contributed by atoms with Gasteiger partial charge in [-0.25, -0.2) is 0 Å². The van der Waals surface area contributed by atoms with E-state index >= 15 is 0 Å². The number of unbranched alkanes of at least 4 members (excludes halogenated alkanes) is 15. The molecule has 1 atom stereocenters. The Hall–Kier alpha value is -2.43. The van der Waals surface area contributed by atoms with Crippen LogP contribution >= 0.6 is 0 Å². The van der Waals surface area contributed by atoms with Crippen LogP contribution in [0.25, 0.3) is 0 Å². The molecule has 50 heavy (non-hydrogen) atoms. The molecule has 0 bridgehead atoms. The quantitative estimate of drug-likeness (QED) is 0.0399. The monoisotopic (exact) mass is 695 g/mol. The van der Waals surface area contributed by atoms with Crippen LogP contribution in [0.1, 0.15) is 174 Å². The summed E-state index contributed by atoms with van der Waals surface area (Å²) < 4.78 is 11.1. The van der Waals surface area contributed by atoms with Crippen LogP contribution in [-0.2, 0) is 14.3 Å². The van der Waals surface area contributed by atoms with E-state index < -0.39 is 6.10 Å². The molecule has 286 valence electrons. The molecule has 0 aromatic heterocycles. The van der Waals surface area contributed by atoms with Crippen molar-refractivity contribution < 1.29 is 19.4 Å². The Labute approximate surface area is 310 Å². The molecule has 0 aliphatic carbocycles. The van der Waals surface area contributed by atoms with Crippen molar-refractivity contribution in [2.75, 3.05) is 19.8 Å². The average Bonchev–Trinajstić information content (AvgIpc) is 3.12. The summed E-state index contributed by atoms with van der Waals surface area (Å²) in [6.45, 7) is 5.07. The van der Waals surface area contributed by atoms with Crippen LogP contribution in [0.2, 0.25) is 0 Å². The number of rotatable bonds is 37. The summed E-state index contributed by atoms with van der Waals surface area (Å²) in [4.78, 5) is 12.2. The number of ether oxygens (including phenoxy) is 2. The van der Waals surface area contributed by atoms with Crippen LogP contribution in [0, 0.1) is 0 Å². The smallest absolute Gasteiger partial charge is 0.306 e. The normalized spacial score (nSPS) is 13.3. The lowest BCUT2D eigenvalue weighted by molar-refractivity contribution is -0.154. The first-order chi connectivity index (χ1) is 24.7. The maximum Gasteiger partial charge on any atom is 0.306 e. The van der Waals surface area contributed by atoms with Crippen LogP contribution in [0.5, 0.6) is 0 Å². The number of allylic oxidation sites excluding steroid dienone is 14. The molecule has 0 aliphatic heterocycles. The SMILES string of the molecule is CC/C=C\C/C=C\C/C=C\C/C=C\C/C=C\C/C=C\CCCOCC(CO)OC(=O)CCCCCCCCC/C=C\CCCCCCCCC. The van der Waals surface area contributed by atoms with Gasteiger partial charge in [-0.1, -0.05) is 170 Å². The molecule has 1 N–H and O–H groups in total. The highest BCUT2D eigenvalue weighted by atomic mass is 16.6. The summed E-state index contributed by atoms with van der Waals surface area (Å²) in [6, 6.07) is 0. The van der Waals surface area contributed by atoms with Gasteiger partial charge in [-0.15, -0.1) is 0 Å². The topological polar surface area (TPSA) is 55.8 Å². The summed E-state index contributed by atoms with van der Waals surface area (Å²) in [5, 5.41) is 9.58.